The molecule has 3 nitrogen and oxygen atoms in total. The largest absolute Gasteiger partial charge is 0.342 e. The molecule has 0 saturated heterocycles. The van der Waals surface area contributed by atoms with Crippen molar-refractivity contribution in [3.8, 4) is 0 Å². The minimum Gasteiger partial charge on any atom is -0.342 e. The van der Waals surface area contributed by atoms with Gasteiger partial charge < -0.3 is 10.6 Å². The summed E-state index contributed by atoms with van der Waals surface area (Å²) in [5.41, 5.74) is 7.77. The standard InChI is InChI=1S/C14H22N2OS/c1-11(10-18-3)16(2)14(17)8-12-6-4-5-7-13(12)9-15/h4-7,11H,8-10,15H2,1-3H3. The zero-order valence-corrected chi connectivity index (χ0v) is 12.2. The molecule has 4 heteroatoms. The third-order valence-corrected chi connectivity index (χ3v) is 3.96. The van der Waals surface area contributed by atoms with E-state index in [-0.39, 0.29) is 11.9 Å². The second kappa shape index (κ2) is 7.44. The molecule has 1 rings (SSSR count). The molecule has 0 aliphatic carbocycles. The molecular formula is C14H22N2OS. The number of hydrogen-bond acceptors (Lipinski definition) is 3. The minimum absolute atomic E-state index is 0.150. The number of carbonyl (C=O) groups is 1. The number of nitrogens with zero attached hydrogens (tertiary/aromatic N) is 1. The van der Waals surface area contributed by atoms with Gasteiger partial charge in [0.15, 0.2) is 0 Å². The normalized spacial score (nSPS) is 12.2. The Balaban J connectivity index is 2.69. The first-order valence-electron chi connectivity index (χ1n) is 6.11. The van der Waals surface area contributed by atoms with Crippen LogP contribution in [0.4, 0.5) is 0 Å². The van der Waals surface area contributed by atoms with E-state index in [9.17, 15) is 4.79 Å². The molecule has 0 aliphatic rings. The summed E-state index contributed by atoms with van der Waals surface area (Å²) in [6.45, 7) is 2.55. The van der Waals surface area contributed by atoms with Crippen molar-refractivity contribution in [1.82, 2.24) is 4.90 Å². The predicted molar refractivity (Wildman–Crippen MR) is 78.7 cm³/mol. The van der Waals surface area contributed by atoms with E-state index in [4.69, 9.17) is 5.73 Å². The molecule has 100 valence electrons. The molecule has 1 unspecified atom stereocenters. The van der Waals surface area contributed by atoms with Crippen molar-refractivity contribution in [2.75, 3.05) is 19.1 Å². The number of rotatable bonds is 6. The van der Waals surface area contributed by atoms with Crippen molar-refractivity contribution < 1.29 is 4.79 Å². The lowest BCUT2D eigenvalue weighted by Crippen LogP contribution is -2.37. The average Bonchev–Trinajstić information content (AvgIpc) is 2.38. The molecule has 0 heterocycles. The first kappa shape index (κ1) is 15.1. The molecule has 0 aliphatic heterocycles. The average molecular weight is 266 g/mol. The number of carbonyl (C=O) groups excluding carboxylic acids is 1. The molecule has 0 spiro atoms. The van der Waals surface area contributed by atoms with Gasteiger partial charge in [0.05, 0.1) is 6.42 Å². The number of thioether (sulfide) groups is 1. The quantitative estimate of drug-likeness (QED) is 0.855. The summed E-state index contributed by atoms with van der Waals surface area (Å²) in [7, 11) is 1.87. The van der Waals surface area contributed by atoms with Gasteiger partial charge in [0.25, 0.3) is 0 Å². The van der Waals surface area contributed by atoms with Gasteiger partial charge >= 0.3 is 0 Å². The molecule has 0 radical (unpaired) electrons. The molecule has 1 amide bonds. The van der Waals surface area contributed by atoms with E-state index in [0.717, 1.165) is 16.9 Å². The van der Waals surface area contributed by atoms with Gasteiger partial charge in [0.2, 0.25) is 5.91 Å². The Morgan fingerprint density at radius 2 is 2.00 bits per heavy atom. The zero-order chi connectivity index (χ0) is 13.5. The Hall–Kier alpha value is -1.00. The van der Waals surface area contributed by atoms with Crippen LogP contribution in [0.5, 0.6) is 0 Å². The molecular weight excluding hydrogens is 244 g/mol. The van der Waals surface area contributed by atoms with E-state index in [1.165, 1.54) is 0 Å². The SMILES string of the molecule is CSCC(C)N(C)C(=O)Cc1ccccc1CN. The Kier molecular flexibility index (Phi) is 6.22. The Morgan fingerprint density at radius 1 is 1.39 bits per heavy atom. The summed E-state index contributed by atoms with van der Waals surface area (Å²) < 4.78 is 0. The topological polar surface area (TPSA) is 46.3 Å². The summed E-state index contributed by atoms with van der Waals surface area (Å²) in [6.07, 6.45) is 2.49. The number of benzene rings is 1. The van der Waals surface area contributed by atoms with Crippen LogP contribution in [0.25, 0.3) is 0 Å². The van der Waals surface area contributed by atoms with Gasteiger partial charge in [-0.2, -0.15) is 11.8 Å². The molecule has 2 N–H and O–H groups in total. The second-order valence-corrected chi connectivity index (χ2v) is 5.37. The van der Waals surface area contributed by atoms with E-state index in [1.54, 1.807) is 11.8 Å². The van der Waals surface area contributed by atoms with Crippen LogP contribution < -0.4 is 5.73 Å². The molecule has 1 aromatic rings. The van der Waals surface area contributed by atoms with Crippen molar-refractivity contribution in [2.24, 2.45) is 5.73 Å². The maximum atomic E-state index is 12.2. The van der Waals surface area contributed by atoms with E-state index in [1.807, 2.05) is 36.2 Å². The molecule has 0 aromatic heterocycles. The van der Waals surface area contributed by atoms with E-state index < -0.39 is 0 Å². The van der Waals surface area contributed by atoms with Crippen LogP contribution in [0.3, 0.4) is 0 Å². The van der Waals surface area contributed by atoms with Crippen LogP contribution in [0.2, 0.25) is 0 Å². The third-order valence-electron chi connectivity index (χ3n) is 3.14. The summed E-state index contributed by atoms with van der Waals surface area (Å²) in [6, 6.07) is 8.13. The Morgan fingerprint density at radius 3 is 2.56 bits per heavy atom. The number of nitrogens with two attached hydrogens (primary N) is 1. The van der Waals surface area contributed by atoms with Gasteiger partial charge in [0, 0.05) is 25.4 Å². The maximum Gasteiger partial charge on any atom is 0.227 e. The highest BCUT2D eigenvalue weighted by Gasteiger charge is 2.16. The zero-order valence-electron chi connectivity index (χ0n) is 11.3. The van der Waals surface area contributed by atoms with Gasteiger partial charge in [0.1, 0.15) is 0 Å². The van der Waals surface area contributed by atoms with Gasteiger partial charge in [-0.05, 0) is 24.3 Å². The lowest BCUT2D eigenvalue weighted by Gasteiger charge is -2.24. The highest BCUT2D eigenvalue weighted by molar-refractivity contribution is 7.98. The van der Waals surface area contributed by atoms with Gasteiger partial charge in [-0.1, -0.05) is 24.3 Å². The summed E-state index contributed by atoms with van der Waals surface area (Å²) in [5, 5.41) is 0. The van der Waals surface area contributed by atoms with Crippen LogP contribution in [0, 0.1) is 0 Å². The maximum absolute atomic E-state index is 12.2. The second-order valence-electron chi connectivity index (χ2n) is 4.46. The number of amides is 1. The Labute approximate surface area is 114 Å². The lowest BCUT2D eigenvalue weighted by molar-refractivity contribution is -0.130. The fourth-order valence-corrected chi connectivity index (χ4v) is 2.52. The molecule has 18 heavy (non-hydrogen) atoms. The lowest BCUT2D eigenvalue weighted by atomic mass is 10.0. The van der Waals surface area contributed by atoms with Gasteiger partial charge in [-0.15, -0.1) is 0 Å². The molecule has 1 atom stereocenters. The minimum atomic E-state index is 0.150. The molecule has 0 bridgehead atoms. The highest BCUT2D eigenvalue weighted by Crippen LogP contribution is 2.12. The van der Waals surface area contributed by atoms with Gasteiger partial charge in [-0.3, -0.25) is 4.79 Å². The van der Waals surface area contributed by atoms with Crippen LogP contribution in [0.15, 0.2) is 24.3 Å². The van der Waals surface area contributed by atoms with Crippen molar-refractivity contribution in [3.05, 3.63) is 35.4 Å². The van der Waals surface area contributed by atoms with Crippen LogP contribution in [-0.4, -0.2) is 35.9 Å². The van der Waals surface area contributed by atoms with Crippen LogP contribution in [0.1, 0.15) is 18.1 Å². The summed E-state index contributed by atoms with van der Waals surface area (Å²) in [5.74, 6) is 1.11. The van der Waals surface area contributed by atoms with Crippen molar-refractivity contribution in [2.45, 2.75) is 25.9 Å². The summed E-state index contributed by atoms with van der Waals surface area (Å²) >= 11 is 1.76. The van der Waals surface area contributed by atoms with Crippen molar-refractivity contribution in [3.63, 3.8) is 0 Å². The monoisotopic (exact) mass is 266 g/mol. The van der Waals surface area contributed by atoms with E-state index in [0.29, 0.717) is 13.0 Å². The van der Waals surface area contributed by atoms with Crippen LogP contribution in [-0.2, 0) is 17.8 Å². The summed E-state index contributed by atoms with van der Waals surface area (Å²) in [4.78, 5) is 14.0. The molecule has 0 fully saturated rings. The van der Waals surface area contributed by atoms with E-state index >= 15 is 0 Å². The smallest absolute Gasteiger partial charge is 0.227 e. The van der Waals surface area contributed by atoms with Gasteiger partial charge in [-0.25, -0.2) is 0 Å². The number of likely N-dealkylation sites (N-methyl/N-ethyl adjacent to an activating group) is 1. The first-order chi connectivity index (χ1) is 8.60. The first-order valence-corrected chi connectivity index (χ1v) is 7.51. The third kappa shape index (κ3) is 4.03. The highest BCUT2D eigenvalue weighted by atomic mass is 32.2. The van der Waals surface area contributed by atoms with E-state index in [2.05, 4.69) is 13.2 Å². The fourth-order valence-electron chi connectivity index (χ4n) is 1.82. The molecule has 0 saturated carbocycles. The fraction of sp³-hybridized carbons (Fsp3) is 0.500. The van der Waals surface area contributed by atoms with Crippen LogP contribution >= 0.6 is 11.8 Å². The van der Waals surface area contributed by atoms with Crippen molar-refractivity contribution in [1.29, 1.82) is 0 Å². The number of hydrogen-bond donors (Lipinski definition) is 1. The molecule has 1 aromatic carbocycles. The predicted octanol–water partition coefficient (Wildman–Crippen LogP) is 1.90. The van der Waals surface area contributed by atoms with Crippen molar-refractivity contribution >= 4 is 17.7 Å². The Bertz CT molecular complexity index is 395.